The van der Waals surface area contributed by atoms with Crippen LogP contribution in [0.5, 0.6) is 0 Å². The third-order valence-electron chi connectivity index (χ3n) is 5.94. The number of hydrogen-bond donors (Lipinski definition) is 2. The highest BCUT2D eigenvalue weighted by molar-refractivity contribution is 5.94. The lowest BCUT2D eigenvalue weighted by Gasteiger charge is -2.09. The van der Waals surface area contributed by atoms with Gasteiger partial charge in [0, 0.05) is 18.0 Å². The number of hydrogen-bond acceptors (Lipinski definition) is 4. The number of carbonyl (C=O) groups excluding carboxylic acids is 2. The zero-order valence-corrected chi connectivity index (χ0v) is 16.1. The summed E-state index contributed by atoms with van der Waals surface area (Å²) in [7, 11) is 1.42. The fourth-order valence-electron chi connectivity index (χ4n) is 4.34. The summed E-state index contributed by atoms with van der Waals surface area (Å²) in [5.41, 5.74) is 4.37. The van der Waals surface area contributed by atoms with Crippen molar-refractivity contribution in [2.75, 3.05) is 26.7 Å². The fraction of sp³-hybridized carbons (Fsp3) is 0.391. The topological polar surface area (TPSA) is 67.4 Å². The van der Waals surface area contributed by atoms with E-state index in [2.05, 4.69) is 16.7 Å². The van der Waals surface area contributed by atoms with Crippen molar-refractivity contribution >= 4 is 11.9 Å². The van der Waals surface area contributed by atoms with Gasteiger partial charge in [0.1, 0.15) is 0 Å². The Labute approximate surface area is 165 Å². The second-order valence-corrected chi connectivity index (χ2v) is 7.59. The van der Waals surface area contributed by atoms with E-state index in [1.165, 1.54) is 18.2 Å². The highest BCUT2D eigenvalue weighted by Crippen LogP contribution is 2.54. The molecule has 0 saturated heterocycles. The predicted molar refractivity (Wildman–Crippen MR) is 107 cm³/mol. The number of methoxy groups -OCH3 is 1. The lowest BCUT2D eigenvalue weighted by molar-refractivity contribution is -0.142. The van der Waals surface area contributed by atoms with Crippen molar-refractivity contribution in [3.05, 3.63) is 70.8 Å². The largest absolute Gasteiger partial charge is 0.469 e. The average Bonchev–Trinajstić information content (AvgIpc) is 3.50. The molecule has 2 aromatic carbocycles. The molecule has 146 valence electrons. The smallest absolute Gasteiger partial charge is 0.309 e. The Bertz CT molecular complexity index is 865. The maximum Gasteiger partial charge on any atom is 0.309 e. The van der Waals surface area contributed by atoms with E-state index >= 15 is 0 Å². The van der Waals surface area contributed by atoms with Crippen LogP contribution in [0.25, 0.3) is 0 Å². The molecule has 2 N–H and O–H groups in total. The molecular weight excluding hydrogens is 352 g/mol. The SMILES string of the molecule is COC(=O)C1C(CNC(=O)c2ccc3c(c2)CCNCC3)C1c1ccccc1. The number of ether oxygens (including phenoxy) is 1. The fourth-order valence-corrected chi connectivity index (χ4v) is 4.34. The van der Waals surface area contributed by atoms with Gasteiger partial charge in [-0.25, -0.2) is 0 Å². The first kappa shape index (κ1) is 18.7. The molecule has 2 aromatic rings. The van der Waals surface area contributed by atoms with E-state index in [-0.39, 0.29) is 29.6 Å². The molecule has 1 amide bonds. The van der Waals surface area contributed by atoms with Crippen LogP contribution in [0.1, 0.15) is 33.0 Å². The van der Waals surface area contributed by atoms with Crippen LogP contribution in [0.2, 0.25) is 0 Å². The van der Waals surface area contributed by atoms with Gasteiger partial charge in [-0.05, 0) is 60.7 Å². The molecule has 28 heavy (non-hydrogen) atoms. The highest BCUT2D eigenvalue weighted by atomic mass is 16.5. The number of carbonyl (C=O) groups is 2. The van der Waals surface area contributed by atoms with Crippen LogP contribution in [0.4, 0.5) is 0 Å². The summed E-state index contributed by atoms with van der Waals surface area (Å²) in [6.45, 7) is 2.40. The van der Waals surface area contributed by atoms with Gasteiger partial charge in [-0.2, -0.15) is 0 Å². The van der Waals surface area contributed by atoms with E-state index in [0.29, 0.717) is 12.1 Å². The lowest BCUT2D eigenvalue weighted by atomic mass is 10.00. The van der Waals surface area contributed by atoms with Crippen LogP contribution in [0.15, 0.2) is 48.5 Å². The third kappa shape index (κ3) is 3.80. The van der Waals surface area contributed by atoms with Gasteiger partial charge in [0.25, 0.3) is 5.91 Å². The maximum absolute atomic E-state index is 12.7. The van der Waals surface area contributed by atoms with Gasteiger partial charge in [0.05, 0.1) is 13.0 Å². The van der Waals surface area contributed by atoms with Crippen molar-refractivity contribution in [2.45, 2.75) is 18.8 Å². The Kier molecular flexibility index (Phi) is 5.44. The minimum absolute atomic E-state index is 0.0730. The van der Waals surface area contributed by atoms with Crippen LogP contribution in [0, 0.1) is 11.8 Å². The second-order valence-electron chi connectivity index (χ2n) is 7.59. The Hall–Kier alpha value is -2.66. The Morgan fingerprint density at radius 3 is 2.57 bits per heavy atom. The molecule has 0 spiro atoms. The van der Waals surface area contributed by atoms with Crippen LogP contribution in [-0.4, -0.2) is 38.6 Å². The summed E-state index contributed by atoms with van der Waals surface area (Å²) in [6.07, 6.45) is 1.94. The number of fused-ring (bicyclic) bond motifs is 1. The number of nitrogens with one attached hydrogen (secondary N) is 2. The van der Waals surface area contributed by atoms with Crippen LogP contribution < -0.4 is 10.6 Å². The number of esters is 1. The molecule has 3 unspecified atom stereocenters. The summed E-state index contributed by atoms with van der Waals surface area (Å²) in [5, 5.41) is 6.42. The van der Waals surface area contributed by atoms with Gasteiger partial charge in [0.2, 0.25) is 0 Å². The Balaban J connectivity index is 1.42. The predicted octanol–water partition coefficient (Wildman–Crippen LogP) is 2.31. The molecule has 5 heteroatoms. The van der Waals surface area contributed by atoms with Crippen molar-refractivity contribution in [2.24, 2.45) is 11.8 Å². The molecular formula is C23H26N2O3. The van der Waals surface area contributed by atoms with Gasteiger partial charge >= 0.3 is 5.97 Å². The van der Waals surface area contributed by atoms with E-state index in [4.69, 9.17) is 4.74 Å². The van der Waals surface area contributed by atoms with Gasteiger partial charge < -0.3 is 15.4 Å². The quantitative estimate of drug-likeness (QED) is 0.784. The zero-order valence-electron chi connectivity index (χ0n) is 16.1. The van der Waals surface area contributed by atoms with Crippen molar-refractivity contribution in [1.82, 2.24) is 10.6 Å². The normalized spacial score (nSPS) is 23.2. The first-order valence-electron chi connectivity index (χ1n) is 9.92. The standard InChI is InChI=1S/C23H26N2O3/c1-28-23(27)21-19(20(21)16-5-3-2-4-6-16)14-25-22(26)18-8-7-15-9-11-24-12-10-17(15)13-18/h2-8,13,19-21,24H,9-12,14H2,1H3,(H,25,26). The zero-order chi connectivity index (χ0) is 19.5. The molecule has 5 nitrogen and oxygen atoms in total. The van der Waals surface area contributed by atoms with Crippen molar-refractivity contribution in [3.8, 4) is 0 Å². The van der Waals surface area contributed by atoms with Crippen molar-refractivity contribution in [3.63, 3.8) is 0 Å². The van der Waals surface area contributed by atoms with Crippen LogP contribution >= 0.6 is 0 Å². The maximum atomic E-state index is 12.7. The summed E-state index contributed by atoms with van der Waals surface area (Å²) in [4.78, 5) is 24.8. The van der Waals surface area contributed by atoms with E-state index in [0.717, 1.165) is 31.5 Å². The second kappa shape index (κ2) is 8.15. The average molecular weight is 378 g/mol. The highest BCUT2D eigenvalue weighted by Gasteiger charge is 2.56. The number of amides is 1. The summed E-state index contributed by atoms with van der Waals surface area (Å²) < 4.78 is 4.96. The first-order valence-corrected chi connectivity index (χ1v) is 9.92. The molecule has 0 radical (unpaired) electrons. The van der Waals surface area contributed by atoms with Crippen molar-refractivity contribution < 1.29 is 14.3 Å². The van der Waals surface area contributed by atoms with Crippen LogP contribution in [-0.2, 0) is 22.4 Å². The summed E-state index contributed by atoms with van der Waals surface area (Å²) in [6, 6.07) is 16.0. The van der Waals surface area contributed by atoms with Gasteiger partial charge in [0.15, 0.2) is 0 Å². The number of rotatable bonds is 5. The van der Waals surface area contributed by atoms with Gasteiger partial charge in [-0.1, -0.05) is 36.4 Å². The monoisotopic (exact) mass is 378 g/mol. The van der Waals surface area contributed by atoms with Crippen molar-refractivity contribution in [1.29, 1.82) is 0 Å². The summed E-state index contributed by atoms with van der Waals surface area (Å²) in [5.74, 6) is -0.297. The molecule has 0 bridgehead atoms. The summed E-state index contributed by atoms with van der Waals surface area (Å²) >= 11 is 0. The van der Waals surface area contributed by atoms with Gasteiger partial charge in [-0.3, -0.25) is 9.59 Å². The molecule has 0 aromatic heterocycles. The molecule has 1 fully saturated rings. The Morgan fingerprint density at radius 1 is 1.07 bits per heavy atom. The Morgan fingerprint density at radius 2 is 1.82 bits per heavy atom. The molecule has 2 aliphatic rings. The van der Waals surface area contributed by atoms with E-state index in [9.17, 15) is 9.59 Å². The van der Waals surface area contributed by atoms with E-state index < -0.39 is 0 Å². The lowest BCUT2D eigenvalue weighted by Crippen LogP contribution is -2.27. The van der Waals surface area contributed by atoms with E-state index in [1.54, 1.807) is 0 Å². The minimum Gasteiger partial charge on any atom is -0.469 e. The van der Waals surface area contributed by atoms with E-state index in [1.807, 2.05) is 42.5 Å². The van der Waals surface area contributed by atoms with Gasteiger partial charge in [-0.15, -0.1) is 0 Å². The minimum atomic E-state index is -0.203. The third-order valence-corrected chi connectivity index (χ3v) is 5.94. The molecule has 1 saturated carbocycles. The van der Waals surface area contributed by atoms with Crippen LogP contribution in [0.3, 0.4) is 0 Å². The molecule has 1 aliphatic carbocycles. The molecule has 4 rings (SSSR count). The first-order chi connectivity index (χ1) is 13.7. The molecule has 1 aliphatic heterocycles. The molecule has 3 atom stereocenters. The number of benzene rings is 2. The molecule has 1 heterocycles.